The third-order valence-electron chi connectivity index (χ3n) is 4.42. The summed E-state index contributed by atoms with van der Waals surface area (Å²) in [7, 11) is 0. The van der Waals surface area contributed by atoms with Crippen LogP contribution in [0.5, 0.6) is 0 Å². The van der Waals surface area contributed by atoms with Crippen LogP contribution in [0.2, 0.25) is 0 Å². The Balaban J connectivity index is 1.58. The molecule has 1 amide bonds. The topological polar surface area (TPSA) is 67.2 Å². The van der Waals surface area contributed by atoms with Gasteiger partial charge in [-0.3, -0.25) is 4.79 Å². The highest BCUT2D eigenvalue weighted by Crippen LogP contribution is 2.28. The summed E-state index contributed by atoms with van der Waals surface area (Å²) < 4.78 is 15.0. The van der Waals surface area contributed by atoms with E-state index in [0.29, 0.717) is 16.8 Å². The lowest BCUT2D eigenvalue weighted by Gasteiger charge is -2.12. The summed E-state index contributed by atoms with van der Waals surface area (Å²) in [5.41, 5.74) is 2.22. The number of rotatable bonds is 6. The summed E-state index contributed by atoms with van der Waals surface area (Å²) in [6, 6.07) is 19.0. The molecule has 5 nitrogen and oxygen atoms in total. The maximum atomic E-state index is 13.4. The standard InChI is InChI=1S/C22H18FN3O2S/c23-16-7-4-6-15(12-16)19(27)13-24-22(28)18-14-26(17-8-2-1-3-9-17)25-21(18)20-10-5-11-29-20/h1-12,14,19,27H,13H2,(H,24,28). The van der Waals surface area contributed by atoms with Gasteiger partial charge in [0, 0.05) is 12.7 Å². The van der Waals surface area contributed by atoms with Crippen LogP contribution in [0.4, 0.5) is 4.39 Å². The predicted molar refractivity (Wildman–Crippen MR) is 111 cm³/mol. The van der Waals surface area contributed by atoms with Gasteiger partial charge in [-0.1, -0.05) is 36.4 Å². The third-order valence-corrected chi connectivity index (χ3v) is 5.30. The fourth-order valence-electron chi connectivity index (χ4n) is 2.96. The van der Waals surface area contributed by atoms with E-state index in [9.17, 15) is 14.3 Å². The molecule has 1 unspecified atom stereocenters. The molecule has 0 saturated heterocycles. The second-order valence-corrected chi connectivity index (χ2v) is 7.38. The Hall–Kier alpha value is -3.29. The fraction of sp³-hybridized carbons (Fsp3) is 0.0909. The minimum absolute atomic E-state index is 0.0390. The molecule has 2 heterocycles. The SMILES string of the molecule is O=C(NCC(O)c1cccc(F)c1)c1cn(-c2ccccc2)nc1-c1cccs1. The molecular formula is C22H18FN3O2S. The number of carbonyl (C=O) groups excluding carboxylic acids is 1. The fourth-order valence-corrected chi connectivity index (χ4v) is 3.69. The van der Waals surface area contributed by atoms with Crippen LogP contribution in [0.1, 0.15) is 22.0 Å². The van der Waals surface area contributed by atoms with Crippen LogP contribution < -0.4 is 5.32 Å². The summed E-state index contributed by atoms with van der Waals surface area (Å²) in [6.07, 6.45) is 0.665. The van der Waals surface area contributed by atoms with E-state index in [1.807, 2.05) is 47.8 Å². The van der Waals surface area contributed by atoms with Crippen molar-refractivity contribution in [1.82, 2.24) is 15.1 Å². The molecule has 2 N–H and O–H groups in total. The molecule has 0 aliphatic heterocycles. The summed E-state index contributed by atoms with van der Waals surface area (Å²) in [5.74, 6) is -0.789. The Labute approximate surface area is 171 Å². The Morgan fingerprint density at radius 1 is 1.14 bits per heavy atom. The van der Waals surface area contributed by atoms with Crippen LogP contribution in [0.15, 0.2) is 78.3 Å². The van der Waals surface area contributed by atoms with Crippen molar-refractivity contribution in [2.24, 2.45) is 0 Å². The van der Waals surface area contributed by atoms with E-state index in [-0.39, 0.29) is 12.5 Å². The molecule has 0 spiro atoms. The number of nitrogens with zero attached hydrogens (tertiary/aromatic N) is 2. The molecule has 1 atom stereocenters. The molecule has 0 aliphatic rings. The number of amides is 1. The first kappa shape index (κ1) is 19.0. The Morgan fingerprint density at radius 3 is 2.69 bits per heavy atom. The molecule has 4 rings (SSSR count). The maximum absolute atomic E-state index is 13.4. The Bertz CT molecular complexity index is 1110. The lowest BCUT2D eigenvalue weighted by Crippen LogP contribution is -2.28. The van der Waals surface area contributed by atoms with Gasteiger partial charge >= 0.3 is 0 Å². The number of halogens is 1. The van der Waals surface area contributed by atoms with Crippen LogP contribution in [0.3, 0.4) is 0 Å². The average molecular weight is 407 g/mol. The van der Waals surface area contributed by atoms with Gasteiger partial charge in [0.15, 0.2) is 0 Å². The molecule has 0 aliphatic carbocycles. The zero-order valence-electron chi connectivity index (χ0n) is 15.3. The molecule has 0 saturated carbocycles. The number of aliphatic hydroxyl groups is 1. The van der Waals surface area contributed by atoms with Crippen molar-refractivity contribution in [1.29, 1.82) is 0 Å². The number of nitrogens with one attached hydrogen (secondary N) is 1. The lowest BCUT2D eigenvalue weighted by atomic mass is 10.1. The molecule has 2 aromatic carbocycles. The molecule has 0 fully saturated rings. The first-order chi connectivity index (χ1) is 14.1. The number of hydrogen-bond acceptors (Lipinski definition) is 4. The number of carbonyl (C=O) groups is 1. The summed E-state index contributed by atoms with van der Waals surface area (Å²) in [5, 5.41) is 19.5. The maximum Gasteiger partial charge on any atom is 0.255 e. The normalized spacial score (nSPS) is 11.9. The Morgan fingerprint density at radius 2 is 1.97 bits per heavy atom. The van der Waals surface area contributed by atoms with Gasteiger partial charge in [0.25, 0.3) is 5.91 Å². The highest BCUT2D eigenvalue weighted by atomic mass is 32.1. The van der Waals surface area contributed by atoms with Crippen LogP contribution in [-0.4, -0.2) is 27.3 Å². The van der Waals surface area contributed by atoms with Gasteiger partial charge in [0.1, 0.15) is 11.5 Å². The summed E-state index contributed by atoms with van der Waals surface area (Å²) in [6.45, 7) is -0.0390. The summed E-state index contributed by atoms with van der Waals surface area (Å²) >= 11 is 1.49. The molecule has 0 bridgehead atoms. The van der Waals surface area contributed by atoms with Gasteiger partial charge in [-0.2, -0.15) is 5.10 Å². The van der Waals surface area contributed by atoms with E-state index in [1.54, 1.807) is 16.9 Å². The monoisotopic (exact) mass is 407 g/mol. The average Bonchev–Trinajstić information content (AvgIpc) is 3.42. The number of aliphatic hydroxyl groups excluding tert-OH is 1. The first-order valence-corrected chi connectivity index (χ1v) is 9.90. The number of thiophene rings is 1. The molecule has 4 aromatic rings. The van der Waals surface area contributed by atoms with Gasteiger partial charge in [0.2, 0.25) is 0 Å². The molecule has 146 valence electrons. The minimum Gasteiger partial charge on any atom is -0.387 e. The third kappa shape index (κ3) is 4.26. The zero-order chi connectivity index (χ0) is 20.2. The van der Waals surface area contributed by atoms with E-state index in [4.69, 9.17) is 0 Å². The van der Waals surface area contributed by atoms with Crippen LogP contribution in [0.25, 0.3) is 16.3 Å². The van der Waals surface area contributed by atoms with Crippen LogP contribution in [0, 0.1) is 5.82 Å². The van der Waals surface area contributed by atoms with Crippen molar-refractivity contribution in [3.05, 3.63) is 95.3 Å². The number of para-hydroxylation sites is 1. The first-order valence-electron chi connectivity index (χ1n) is 9.02. The van der Waals surface area contributed by atoms with Crippen molar-refractivity contribution in [3.63, 3.8) is 0 Å². The van der Waals surface area contributed by atoms with E-state index in [0.717, 1.165) is 10.6 Å². The minimum atomic E-state index is -1.01. The second kappa shape index (κ2) is 8.38. The molecule has 0 radical (unpaired) electrons. The van der Waals surface area contributed by atoms with E-state index in [2.05, 4.69) is 10.4 Å². The van der Waals surface area contributed by atoms with Crippen LogP contribution >= 0.6 is 11.3 Å². The van der Waals surface area contributed by atoms with Crippen molar-refractivity contribution >= 4 is 17.2 Å². The van der Waals surface area contributed by atoms with Gasteiger partial charge in [-0.05, 0) is 41.3 Å². The van der Waals surface area contributed by atoms with Crippen molar-refractivity contribution in [3.8, 4) is 16.3 Å². The van der Waals surface area contributed by atoms with E-state index >= 15 is 0 Å². The largest absolute Gasteiger partial charge is 0.387 e. The van der Waals surface area contributed by atoms with Gasteiger partial charge in [-0.15, -0.1) is 11.3 Å². The second-order valence-electron chi connectivity index (χ2n) is 6.43. The van der Waals surface area contributed by atoms with Crippen molar-refractivity contribution in [2.45, 2.75) is 6.10 Å². The predicted octanol–water partition coefficient (Wildman–Crippen LogP) is 4.20. The smallest absolute Gasteiger partial charge is 0.255 e. The van der Waals surface area contributed by atoms with Gasteiger partial charge in [0.05, 0.1) is 22.2 Å². The van der Waals surface area contributed by atoms with Crippen molar-refractivity contribution in [2.75, 3.05) is 6.54 Å². The van der Waals surface area contributed by atoms with Crippen molar-refractivity contribution < 1.29 is 14.3 Å². The quantitative estimate of drug-likeness (QED) is 0.503. The molecular weight excluding hydrogens is 389 g/mol. The highest BCUT2D eigenvalue weighted by molar-refractivity contribution is 7.13. The van der Waals surface area contributed by atoms with Gasteiger partial charge in [-0.25, -0.2) is 9.07 Å². The summed E-state index contributed by atoms with van der Waals surface area (Å²) in [4.78, 5) is 13.7. The lowest BCUT2D eigenvalue weighted by molar-refractivity contribution is 0.0917. The van der Waals surface area contributed by atoms with E-state index in [1.165, 1.54) is 29.5 Å². The molecule has 7 heteroatoms. The van der Waals surface area contributed by atoms with E-state index < -0.39 is 11.9 Å². The zero-order valence-corrected chi connectivity index (χ0v) is 16.1. The highest BCUT2D eigenvalue weighted by Gasteiger charge is 2.20. The number of aromatic nitrogens is 2. The number of benzene rings is 2. The molecule has 29 heavy (non-hydrogen) atoms. The van der Waals surface area contributed by atoms with Gasteiger partial charge < -0.3 is 10.4 Å². The van der Waals surface area contributed by atoms with Crippen LogP contribution in [-0.2, 0) is 0 Å². The Kier molecular flexibility index (Phi) is 5.50. The number of hydrogen-bond donors (Lipinski definition) is 2. The molecule has 2 aromatic heterocycles.